The number of ether oxygens (including phenoxy) is 1. The zero-order chi connectivity index (χ0) is 20.1. The fourth-order valence-corrected chi connectivity index (χ4v) is 3.80. The number of aromatic nitrogens is 3. The molecule has 6 heteroatoms. The topological polar surface area (TPSA) is 85.9 Å². The third-order valence-electron chi connectivity index (χ3n) is 5.18. The molecule has 148 valence electrons. The van der Waals surface area contributed by atoms with Gasteiger partial charge >= 0.3 is 0 Å². The van der Waals surface area contributed by atoms with Crippen molar-refractivity contribution in [3.05, 3.63) is 59.4 Å². The second-order valence-corrected chi connectivity index (χ2v) is 6.93. The molecule has 6 nitrogen and oxygen atoms in total. The van der Waals surface area contributed by atoms with Crippen LogP contribution < -0.4 is 10.5 Å². The number of carbonyl (C=O) groups excluding carboxylic acids is 1. The van der Waals surface area contributed by atoms with Crippen LogP contribution in [-0.2, 0) is 19.4 Å². The first-order chi connectivity index (χ1) is 13.6. The Bertz CT molecular complexity index is 942. The Morgan fingerprint density at radius 3 is 2.71 bits per heavy atom. The molecule has 0 radical (unpaired) electrons. The molecule has 1 aromatic carbocycles. The standard InChI is InChI=1S/C22H28N4O2/c1-4-5-9-18-21(17-8-6-7-10-19(17)28-3)20(22(23)27)15(2)26(18)12-11-16-13-24-14-25-16/h6-8,10,13-14H,4-5,9,11-12H2,1-3H3,(H2,23,27)(H,24,25). The third-order valence-corrected chi connectivity index (χ3v) is 5.18. The van der Waals surface area contributed by atoms with E-state index in [4.69, 9.17) is 10.5 Å². The summed E-state index contributed by atoms with van der Waals surface area (Å²) in [7, 11) is 1.65. The molecule has 28 heavy (non-hydrogen) atoms. The number of methoxy groups -OCH3 is 1. The number of nitrogens with one attached hydrogen (secondary N) is 1. The number of primary amides is 1. The van der Waals surface area contributed by atoms with E-state index in [-0.39, 0.29) is 0 Å². The molecule has 0 atom stereocenters. The lowest BCUT2D eigenvalue weighted by Gasteiger charge is -2.14. The summed E-state index contributed by atoms with van der Waals surface area (Å²) in [5.41, 5.74) is 11.3. The number of carbonyl (C=O) groups is 1. The largest absolute Gasteiger partial charge is 0.496 e. The molecule has 0 saturated heterocycles. The maximum Gasteiger partial charge on any atom is 0.251 e. The Hall–Kier alpha value is -3.02. The number of aromatic amines is 1. The number of rotatable bonds is 9. The van der Waals surface area contributed by atoms with Crippen LogP contribution >= 0.6 is 0 Å². The number of amides is 1. The molecule has 3 rings (SSSR count). The number of aryl methyl sites for hydroxylation is 1. The van der Waals surface area contributed by atoms with Crippen molar-refractivity contribution in [3.63, 3.8) is 0 Å². The van der Waals surface area contributed by atoms with Crippen LogP contribution in [0.4, 0.5) is 0 Å². The monoisotopic (exact) mass is 380 g/mol. The summed E-state index contributed by atoms with van der Waals surface area (Å²) in [4.78, 5) is 19.7. The Kier molecular flexibility index (Phi) is 6.19. The molecule has 0 fully saturated rings. The number of nitrogens with zero attached hydrogens (tertiary/aromatic N) is 2. The van der Waals surface area contributed by atoms with E-state index in [1.54, 1.807) is 13.4 Å². The molecule has 2 aromatic heterocycles. The van der Waals surface area contributed by atoms with E-state index in [9.17, 15) is 4.79 Å². The van der Waals surface area contributed by atoms with Gasteiger partial charge in [0.2, 0.25) is 0 Å². The van der Waals surface area contributed by atoms with Crippen molar-refractivity contribution in [2.75, 3.05) is 7.11 Å². The summed E-state index contributed by atoms with van der Waals surface area (Å²) in [5, 5.41) is 0. The molecular weight excluding hydrogens is 352 g/mol. The van der Waals surface area contributed by atoms with Crippen LogP contribution in [0.2, 0.25) is 0 Å². The normalized spacial score (nSPS) is 11.0. The van der Waals surface area contributed by atoms with Crippen LogP contribution in [0.3, 0.4) is 0 Å². The van der Waals surface area contributed by atoms with Crippen LogP contribution in [0, 0.1) is 6.92 Å². The van der Waals surface area contributed by atoms with Crippen LogP contribution in [0.25, 0.3) is 11.1 Å². The quantitative estimate of drug-likeness (QED) is 0.591. The van der Waals surface area contributed by atoms with Gasteiger partial charge in [0.25, 0.3) is 5.91 Å². The van der Waals surface area contributed by atoms with Crippen LogP contribution in [0.1, 0.15) is 47.2 Å². The number of hydrogen-bond donors (Lipinski definition) is 2. The van der Waals surface area contributed by atoms with Crippen molar-refractivity contribution in [1.82, 2.24) is 14.5 Å². The maximum atomic E-state index is 12.4. The van der Waals surface area contributed by atoms with Gasteiger partial charge in [-0.15, -0.1) is 0 Å². The predicted molar refractivity (Wildman–Crippen MR) is 111 cm³/mol. The summed E-state index contributed by atoms with van der Waals surface area (Å²) in [6.45, 7) is 4.90. The summed E-state index contributed by atoms with van der Waals surface area (Å²) >= 11 is 0. The smallest absolute Gasteiger partial charge is 0.251 e. The fraction of sp³-hybridized carbons (Fsp3) is 0.364. The van der Waals surface area contributed by atoms with Gasteiger partial charge in [-0.25, -0.2) is 4.98 Å². The summed E-state index contributed by atoms with van der Waals surface area (Å²) in [6.07, 6.45) is 7.31. The summed E-state index contributed by atoms with van der Waals surface area (Å²) < 4.78 is 7.82. The molecule has 0 aliphatic heterocycles. The van der Waals surface area contributed by atoms with Gasteiger partial charge in [0.05, 0.1) is 19.0 Å². The Labute approximate surface area is 165 Å². The lowest BCUT2D eigenvalue weighted by atomic mass is 9.97. The third kappa shape index (κ3) is 3.81. The lowest BCUT2D eigenvalue weighted by Crippen LogP contribution is -2.14. The van der Waals surface area contributed by atoms with Gasteiger partial charge < -0.3 is 20.0 Å². The number of hydrogen-bond acceptors (Lipinski definition) is 3. The molecule has 3 aromatic rings. The van der Waals surface area contributed by atoms with E-state index < -0.39 is 5.91 Å². The highest BCUT2D eigenvalue weighted by atomic mass is 16.5. The Morgan fingerprint density at radius 2 is 2.07 bits per heavy atom. The van der Waals surface area contributed by atoms with Gasteiger partial charge in [0, 0.05) is 47.4 Å². The van der Waals surface area contributed by atoms with Crippen molar-refractivity contribution in [2.24, 2.45) is 5.73 Å². The minimum absolute atomic E-state index is 0.406. The Morgan fingerprint density at radius 1 is 1.29 bits per heavy atom. The summed E-state index contributed by atoms with van der Waals surface area (Å²) in [5.74, 6) is 0.338. The van der Waals surface area contributed by atoms with Gasteiger partial charge in [-0.3, -0.25) is 4.79 Å². The zero-order valence-corrected chi connectivity index (χ0v) is 16.8. The average Bonchev–Trinajstić information content (AvgIpc) is 3.30. The van der Waals surface area contributed by atoms with E-state index in [0.29, 0.717) is 5.56 Å². The van der Waals surface area contributed by atoms with Crippen molar-refractivity contribution in [2.45, 2.75) is 46.1 Å². The van der Waals surface area contributed by atoms with Gasteiger partial charge in [-0.05, 0) is 25.8 Å². The van der Waals surface area contributed by atoms with E-state index in [1.165, 1.54) is 0 Å². The molecule has 2 heterocycles. The molecular formula is C22H28N4O2. The van der Waals surface area contributed by atoms with E-state index in [2.05, 4.69) is 21.5 Å². The molecule has 1 amide bonds. The van der Waals surface area contributed by atoms with Crippen molar-refractivity contribution in [3.8, 4) is 16.9 Å². The summed E-state index contributed by atoms with van der Waals surface area (Å²) in [6, 6.07) is 7.80. The number of unbranched alkanes of at least 4 members (excludes halogenated alkanes) is 1. The lowest BCUT2D eigenvalue weighted by molar-refractivity contribution is 0.1000. The number of nitrogens with two attached hydrogens (primary N) is 1. The highest BCUT2D eigenvalue weighted by molar-refractivity contribution is 6.03. The van der Waals surface area contributed by atoms with Gasteiger partial charge in [-0.2, -0.15) is 0 Å². The highest BCUT2D eigenvalue weighted by Crippen LogP contribution is 2.38. The van der Waals surface area contributed by atoms with Crippen LogP contribution in [-0.4, -0.2) is 27.6 Å². The van der Waals surface area contributed by atoms with Crippen LogP contribution in [0.15, 0.2) is 36.8 Å². The molecule has 0 spiro atoms. The average molecular weight is 380 g/mol. The molecule has 0 saturated carbocycles. The van der Waals surface area contributed by atoms with Gasteiger partial charge in [0.15, 0.2) is 0 Å². The molecule has 0 aliphatic carbocycles. The van der Waals surface area contributed by atoms with E-state index in [1.807, 2.05) is 37.4 Å². The first-order valence-electron chi connectivity index (χ1n) is 9.70. The van der Waals surface area contributed by atoms with Gasteiger partial charge in [0.1, 0.15) is 5.75 Å². The molecule has 0 unspecified atom stereocenters. The first-order valence-corrected chi connectivity index (χ1v) is 9.70. The van der Waals surface area contributed by atoms with Crippen molar-refractivity contribution in [1.29, 1.82) is 0 Å². The second kappa shape index (κ2) is 8.78. The highest BCUT2D eigenvalue weighted by Gasteiger charge is 2.26. The molecule has 0 aliphatic rings. The van der Waals surface area contributed by atoms with Crippen molar-refractivity contribution >= 4 is 5.91 Å². The fourth-order valence-electron chi connectivity index (χ4n) is 3.80. The zero-order valence-electron chi connectivity index (χ0n) is 16.8. The number of imidazole rings is 1. The SMILES string of the molecule is CCCCc1c(-c2ccccc2OC)c(C(N)=O)c(C)n1CCc1cnc[nH]1. The van der Waals surface area contributed by atoms with E-state index in [0.717, 1.165) is 66.2 Å². The molecule has 3 N–H and O–H groups in total. The predicted octanol–water partition coefficient (Wildman–Crippen LogP) is 3.88. The van der Waals surface area contributed by atoms with E-state index >= 15 is 0 Å². The van der Waals surface area contributed by atoms with Gasteiger partial charge in [-0.1, -0.05) is 31.5 Å². The number of benzene rings is 1. The van der Waals surface area contributed by atoms with Crippen LogP contribution in [0.5, 0.6) is 5.75 Å². The minimum Gasteiger partial charge on any atom is -0.496 e. The van der Waals surface area contributed by atoms with Crippen molar-refractivity contribution < 1.29 is 9.53 Å². The minimum atomic E-state index is -0.406. The number of H-pyrrole nitrogens is 1. The first kappa shape index (κ1) is 19.7. The Balaban J connectivity index is 2.17. The number of para-hydroxylation sites is 1. The molecule has 0 bridgehead atoms. The maximum absolute atomic E-state index is 12.4. The second-order valence-electron chi connectivity index (χ2n) is 6.93.